The van der Waals surface area contributed by atoms with E-state index in [2.05, 4.69) is 4.74 Å². The highest BCUT2D eigenvalue weighted by molar-refractivity contribution is 5.80. The summed E-state index contributed by atoms with van der Waals surface area (Å²) >= 11 is 0. The summed E-state index contributed by atoms with van der Waals surface area (Å²) in [7, 11) is 0. The summed E-state index contributed by atoms with van der Waals surface area (Å²) in [4.78, 5) is 19.5. The van der Waals surface area contributed by atoms with E-state index in [-0.39, 0.29) is 0 Å². The SMILES string of the molecule is O=COC(=O)C(C(F)(F)F)C(F)(F)F. The molecule has 0 radical (unpaired) electrons. The van der Waals surface area contributed by atoms with Crippen LogP contribution in [0.15, 0.2) is 0 Å². The number of carbonyl (C=O) groups is 2. The van der Waals surface area contributed by atoms with Crippen LogP contribution in [-0.4, -0.2) is 24.8 Å². The van der Waals surface area contributed by atoms with E-state index < -0.39 is 30.7 Å². The Morgan fingerprint density at radius 2 is 1.43 bits per heavy atom. The zero-order valence-corrected chi connectivity index (χ0v) is 6.15. The number of alkyl halides is 6. The van der Waals surface area contributed by atoms with Crippen LogP contribution in [-0.2, 0) is 14.3 Å². The van der Waals surface area contributed by atoms with Gasteiger partial charge in [0.15, 0.2) is 0 Å². The normalized spacial score (nSPS) is 12.8. The monoisotopic (exact) mass is 224 g/mol. The molecule has 0 unspecified atom stereocenters. The van der Waals surface area contributed by atoms with Crippen LogP contribution < -0.4 is 0 Å². The molecular weight excluding hydrogens is 222 g/mol. The van der Waals surface area contributed by atoms with E-state index >= 15 is 0 Å². The van der Waals surface area contributed by atoms with Crippen molar-refractivity contribution in [2.75, 3.05) is 0 Å². The first kappa shape index (κ1) is 12.7. The largest absolute Gasteiger partial charge is 0.411 e. The van der Waals surface area contributed by atoms with Crippen molar-refractivity contribution >= 4 is 12.4 Å². The van der Waals surface area contributed by atoms with Crippen LogP contribution >= 0.6 is 0 Å². The average Bonchev–Trinajstić information content (AvgIpc) is 1.78. The van der Waals surface area contributed by atoms with Crippen LogP contribution in [0.5, 0.6) is 0 Å². The van der Waals surface area contributed by atoms with Crippen LogP contribution in [0.3, 0.4) is 0 Å². The summed E-state index contributed by atoms with van der Waals surface area (Å²) in [5.41, 5.74) is 0. The molecule has 0 fully saturated rings. The molecule has 0 aromatic carbocycles. The van der Waals surface area contributed by atoms with Gasteiger partial charge in [0.05, 0.1) is 0 Å². The van der Waals surface area contributed by atoms with Gasteiger partial charge in [-0.15, -0.1) is 0 Å². The van der Waals surface area contributed by atoms with Crippen molar-refractivity contribution in [3.05, 3.63) is 0 Å². The fourth-order valence-corrected chi connectivity index (χ4v) is 0.568. The Hall–Kier alpha value is -1.28. The number of rotatable bonds is 2. The van der Waals surface area contributed by atoms with Crippen molar-refractivity contribution in [3.63, 3.8) is 0 Å². The summed E-state index contributed by atoms with van der Waals surface area (Å²) in [6.45, 7) is -0.799. The Labute approximate surface area is 72.6 Å². The summed E-state index contributed by atoms with van der Waals surface area (Å²) < 4.78 is 72.9. The van der Waals surface area contributed by atoms with E-state index in [1.54, 1.807) is 0 Å². The third-order valence-electron chi connectivity index (χ3n) is 1.05. The molecule has 0 aliphatic rings. The van der Waals surface area contributed by atoms with Crippen molar-refractivity contribution in [2.45, 2.75) is 12.4 Å². The molecule has 9 heteroatoms. The maximum atomic E-state index is 11.7. The maximum Gasteiger partial charge on any atom is 0.411 e. The minimum absolute atomic E-state index is 0.799. The quantitative estimate of drug-likeness (QED) is 0.308. The summed E-state index contributed by atoms with van der Waals surface area (Å²) in [6, 6.07) is 0. The van der Waals surface area contributed by atoms with E-state index in [0.717, 1.165) is 0 Å². The third-order valence-corrected chi connectivity index (χ3v) is 1.05. The van der Waals surface area contributed by atoms with Crippen molar-refractivity contribution < 1.29 is 40.7 Å². The van der Waals surface area contributed by atoms with Gasteiger partial charge in [-0.2, -0.15) is 26.3 Å². The molecule has 82 valence electrons. The standard InChI is InChI=1S/C5H2F6O3/c6-4(7,8)2(5(9,10)11)3(13)14-1-12/h1-2H. The van der Waals surface area contributed by atoms with Gasteiger partial charge in [-0.1, -0.05) is 0 Å². The molecular formula is C5H2F6O3. The highest BCUT2D eigenvalue weighted by Crippen LogP contribution is 2.39. The lowest BCUT2D eigenvalue weighted by molar-refractivity contribution is -0.280. The third kappa shape index (κ3) is 3.23. The average molecular weight is 224 g/mol. The van der Waals surface area contributed by atoms with Crippen LogP contribution in [0.25, 0.3) is 0 Å². The minimum atomic E-state index is -5.83. The van der Waals surface area contributed by atoms with Crippen molar-refractivity contribution in [2.24, 2.45) is 5.92 Å². The number of hydrogen-bond donors (Lipinski definition) is 0. The zero-order chi connectivity index (χ0) is 11.6. The molecule has 3 nitrogen and oxygen atoms in total. The van der Waals surface area contributed by atoms with E-state index in [1.165, 1.54) is 0 Å². The first-order valence-electron chi connectivity index (χ1n) is 2.88. The molecule has 0 atom stereocenters. The lowest BCUT2D eigenvalue weighted by atomic mass is 10.1. The van der Waals surface area contributed by atoms with Gasteiger partial charge in [-0.25, -0.2) is 0 Å². The number of ether oxygens (including phenoxy) is 1. The van der Waals surface area contributed by atoms with Crippen LogP contribution in [0, 0.1) is 5.92 Å². The van der Waals surface area contributed by atoms with Crippen LogP contribution in [0.2, 0.25) is 0 Å². The molecule has 0 spiro atoms. The van der Waals surface area contributed by atoms with Crippen molar-refractivity contribution in [1.82, 2.24) is 0 Å². The van der Waals surface area contributed by atoms with Gasteiger partial charge in [0.1, 0.15) is 0 Å². The highest BCUT2D eigenvalue weighted by Gasteiger charge is 2.62. The first-order valence-corrected chi connectivity index (χ1v) is 2.88. The lowest BCUT2D eigenvalue weighted by Gasteiger charge is -2.19. The van der Waals surface area contributed by atoms with E-state index in [4.69, 9.17) is 0 Å². The van der Waals surface area contributed by atoms with E-state index in [1.807, 2.05) is 0 Å². The van der Waals surface area contributed by atoms with E-state index in [0.29, 0.717) is 0 Å². The minimum Gasteiger partial charge on any atom is -0.395 e. The molecule has 0 heterocycles. The molecule has 0 bridgehead atoms. The number of esters is 1. The maximum absolute atomic E-state index is 11.7. The first-order chi connectivity index (χ1) is 6.10. The smallest absolute Gasteiger partial charge is 0.395 e. The van der Waals surface area contributed by atoms with Gasteiger partial charge in [0.2, 0.25) is 5.92 Å². The highest BCUT2D eigenvalue weighted by atomic mass is 19.4. The van der Waals surface area contributed by atoms with Gasteiger partial charge >= 0.3 is 24.8 Å². The molecule has 0 saturated carbocycles. The second-order valence-corrected chi connectivity index (χ2v) is 2.05. The Balaban J connectivity index is 4.93. The van der Waals surface area contributed by atoms with Crippen molar-refractivity contribution in [1.29, 1.82) is 0 Å². The van der Waals surface area contributed by atoms with Crippen molar-refractivity contribution in [3.8, 4) is 0 Å². The fourth-order valence-electron chi connectivity index (χ4n) is 0.568. The van der Waals surface area contributed by atoms with Gasteiger partial charge in [0.25, 0.3) is 0 Å². The lowest BCUT2D eigenvalue weighted by Crippen LogP contribution is -2.43. The molecule has 14 heavy (non-hydrogen) atoms. The zero-order valence-electron chi connectivity index (χ0n) is 6.15. The second kappa shape index (κ2) is 3.84. The topological polar surface area (TPSA) is 43.4 Å². The molecule has 0 amide bonds. The van der Waals surface area contributed by atoms with Gasteiger partial charge in [0, 0.05) is 0 Å². The van der Waals surface area contributed by atoms with Crippen LogP contribution in [0.4, 0.5) is 26.3 Å². The Bertz CT molecular complexity index is 215. The van der Waals surface area contributed by atoms with Gasteiger partial charge in [-0.3, -0.25) is 9.59 Å². The number of hydrogen-bond acceptors (Lipinski definition) is 3. The molecule has 0 saturated heterocycles. The summed E-state index contributed by atoms with van der Waals surface area (Å²) in [5, 5.41) is 0. The van der Waals surface area contributed by atoms with Gasteiger partial charge in [-0.05, 0) is 0 Å². The Morgan fingerprint density at radius 1 is 1.07 bits per heavy atom. The molecule has 0 N–H and O–H groups in total. The fraction of sp³-hybridized carbons (Fsp3) is 0.600. The molecule has 0 rings (SSSR count). The van der Waals surface area contributed by atoms with Crippen LogP contribution in [0.1, 0.15) is 0 Å². The predicted molar refractivity (Wildman–Crippen MR) is 27.8 cm³/mol. The molecule has 0 aliphatic heterocycles. The summed E-state index contributed by atoms with van der Waals surface area (Å²) in [5.74, 6) is -6.99. The molecule has 0 aromatic rings. The van der Waals surface area contributed by atoms with E-state index in [9.17, 15) is 35.9 Å². The Morgan fingerprint density at radius 3 is 1.64 bits per heavy atom. The number of carbonyl (C=O) groups excluding carboxylic acids is 2. The van der Waals surface area contributed by atoms with Gasteiger partial charge < -0.3 is 4.74 Å². The molecule has 0 aliphatic carbocycles. The summed E-state index contributed by atoms with van der Waals surface area (Å²) in [6.07, 6.45) is -11.7. The second-order valence-electron chi connectivity index (χ2n) is 2.05. The molecule has 0 aromatic heterocycles. The Kier molecular flexibility index (Phi) is 3.49. The predicted octanol–water partition coefficient (Wildman–Crippen LogP) is 1.43. The number of halogens is 6.